The van der Waals surface area contributed by atoms with E-state index in [2.05, 4.69) is 29.2 Å². The topological polar surface area (TPSA) is 52.0 Å². The second kappa shape index (κ2) is 4.37. The van der Waals surface area contributed by atoms with E-state index in [1.165, 1.54) is 5.56 Å². The average Bonchev–Trinajstić information content (AvgIpc) is 2.87. The van der Waals surface area contributed by atoms with Crippen molar-refractivity contribution in [2.45, 2.75) is 0 Å². The first-order valence-electron chi connectivity index (χ1n) is 5.70. The predicted molar refractivity (Wildman–Crippen MR) is 71.8 cm³/mol. The molecule has 0 atom stereocenters. The first kappa shape index (κ1) is 10.6. The van der Waals surface area contributed by atoms with Crippen molar-refractivity contribution in [1.82, 2.24) is 4.98 Å². The minimum Gasteiger partial charge on any atom is -0.424 e. The van der Waals surface area contributed by atoms with Gasteiger partial charge in [-0.15, -0.1) is 0 Å². The Morgan fingerprint density at radius 2 is 1.56 bits per heavy atom. The highest BCUT2D eigenvalue weighted by molar-refractivity contribution is 5.70. The van der Waals surface area contributed by atoms with Crippen LogP contribution in [0.5, 0.6) is 0 Å². The molecule has 0 radical (unpaired) electrons. The van der Waals surface area contributed by atoms with Crippen LogP contribution < -0.4 is 5.73 Å². The van der Waals surface area contributed by atoms with Crippen LogP contribution in [0.3, 0.4) is 0 Å². The van der Waals surface area contributed by atoms with Gasteiger partial charge in [-0.2, -0.15) is 0 Å². The molecule has 0 saturated carbocycles. The van der Waals surface area contributed by atoms with E-state index in [0.29, 0.717) is 5.76 Å². The van der Waals surface area contributed by atoms with Gasteiger partial charge in [-0.25, -0.2) is 4.98 Å². The number of nitrogens with zero attached hydrogens (tertiary/aromatic N) is 1. The van der Waals surface area contributed by atoms with Gasteiger partial charge in [0.2, 0.25) is 0 Å². The van der Waals surface area contributed by atoms with Crippen molar-refractivity contribution >= 4 is 6.01 Å². The zero-order valence-electron chi connectivity index (χ0n) is 9.71. The highest BCUT2D eigenvalue weighted by atomic mass is 16.4. The molecule has 2 aromatic carbocycles. The van der Waals surface area contributed by atoms with Gasteiger partial charge in [0, 0.05) is 5.56 Å². The van der Waals surface area contributed by atoms with Crippen LogP contribution in [0.15, 0.2) is 65.2 Å². The van der Waals surface area contributed by atoms with E-state index in [9.17, 15) is 0 Å². The molecule has 1 heterocycles. The number of aromatic nitrogens is 1. The third-order valence-corrected chi connectivity index (χ3v) is 2.78. The lowest BCUT2D eigenvalue weighted by atomic mass is 10.0. The van der Waals surface area contributed by atoms with Gasteiger partial charge in [-0.3, -0.25) is 0 Å². The summed E-state index contributed by atoms with van der Waals surface area (Å²) in [5.41, 5.74) is 8.77. The maximum Gasteiger partial charge on any atom is 0.292 e. The zero-order chi connectivity index (χ0) is 12.4. The molecule has 0 spiro atoms. The van der Waals surface area contributed by atoms with Crippen LogP contribution in [-0.2, 0) is 0 Å². The average molecular weight is 236 g/mol. The van der Waals surface area contributed by atoms with Crippen molar-refractivity contribution in [3.63, 3.8) is 0 Å². The summed E-state index contributed by atoms with van der Waals surface area (Å²) >= 11 is 0. The number of nitrogen functional groups attached to an aromatic ring is 1. The van der Waals surface area contributed by atoms with Crippen LogP contribution in [0.1, 0.15) is 0 Å². The Kier molecular flexibility index (Phi) is 2.57. The van der Waals surface area contributed by atoms with Crippen LogP contribution >= 0.6 is 0 Å². The highest BCUT2D eigenvalue weighted by Crippen LogP contribution is 2.26. The fourth-order valence-electron chi connectivity index (χ4n) is 1.90. The van der Waals surface area contributed by atoms with E-state index in [1.54, 1.807) is 6.20 Å². The first-order valence-corrected chi connectivity index (χ1v) is 5.70. The molecule has 0 aliphatic heterocycles. The smallest absolute Gasteiger partial charge is 0.292 e. The molecule has 0 aliphatic rings. The minimum absolute atomic E-state index is 0.190. The molecule has 0 saturated heterocycles. The standard InChI is InChI=1S/C15H12N2O/c16-15-17-10-14(18-15)13-8-4-7-12(9-13)11-5-2-1-3-6-11/h1-10H,(H2,16,17). The number of anilines is 1. The maximum absolute atomic E-state index is 5.49. The number of oxazole rings is 1. The Morgan fingerprint density at radius 3 is 2.28 bits per heavy atom. The number of benzene rings is 2. The Hall–Kier alpha value is -2.55. The maximum atomic E-state index is 5.49. The van der Waals surface area contributed by atoms with Gasteiger partial charge in [-0.05, 0) is 17.2 Å². The van der Waals surface area contributed by atoms with Crippen LogP contribution in [-0.4, -0.2) is 4.98 Å². The third-order valence-electron chi connectivity index (χ3n) is 2.78. The molecule has 2 N–H and O–H groups in total. The lowest BCUT2D eigenvalue weighted by Gasteiger charge is -2.03. The molecule has 18 heavy (non-hydrogen) atoms. The zero-order valence-corrected chi connectivity index (χ0v) is 9.71. The van der Waals surface area contributed by atoms with Crippen LogP contribution in [0.25, 0.3) is 22.5 Å². The lowest BCUT2D eigenvalue weighted by molar-refractivity contribution is 0.595. The molecule has 0 amide bonds. The second-order valence-electron chi connectivity index (χ2n) is 4.01. The largest absolute Gasteiger partial charge is 0.424 e. The van der Waals surface area contributed by atoms with Gasteiger partial charge in [0.05, 0.1) is 6.20 Å². The van der Waals surface area contributed by atoms with Crippen molar-refractivity contribution in [2.24, 2.45) is 0 Å². The second-order valence-corrected chi connectivity index (χ2v) is 4.01. The Bertz CT molecular complexity index is 659. The molecule has 88 valence electrons. The summed E-state index contributed by atoms with van der Waals surface area (Å²) in [7, 11) is 0. The fraction of sp³-hybridized carbons (Fsp3) is 0. The summed E-state index contributed by atoms with van der Waals surface area (Å²) in [6.45, 7) is 0. The van der Waals surface area contributed by atoms with Gasteiger partial charge in [0.15, 0.2) is 5.76 Å². The highest BCUT2D eigenvalue weighted by Gasteiger charge is 2.05. The van der Waals surface area contributed by atoms with E-state index in [4.69, 9.17) is 10.2 Å². The molecular formula is C15H12N2O. The SMILES string of the molecule is Nc1ncc(-c2cccc(-c3ccccc3)c2)o1. The summed E-state index contributed by atoms with van der Waals surface area (Å²) in [5, 5.41) is 0. The van der Waals surface area contributed by atoms with E-state index >= 15 is 0 Å². The van der Waals surface area contributed by atoms with Gasteiger partial charge >= 0.3 is 0 Å². The molecule has 1 aromatic heterocycles. The van der Waals surface area contributed by atoms with Gasteiger partial charge in [0.1, 0.15) is 0 Å². The Labute approximate surface area is 105 Å². The molecule has 3 nitrogen and oxygen atoms in total. The van der Waals surface area contributed by atoms with Crippen LogP contribution in [0.4, 0.5) is 6.01 Å². The lowest BCUT2D eigenvalue weighted by Crippen LogP contribution is -1.80. The van der Waals surface area contributed by atoms with Crippen molar-refractivity contribution < 1.29 is 4.42 Å². The van der Waals surface area contributed by atoms with Crippen molar-refractivity contribution in [3.05, 3.63) is 60.8 Å². The van der Waals surface area contributed by atoms with Gasteiger partial charge < -0.3 is 10.2 Å². The quantitative estimate of drug-likeness (QED) is 0.739. The molecule has 0 bridgehead atoms. The predicted octanol–water partition coefficient (Wildman–Crippen LogP) is 3.59. The van der Waals surface area contributed by atoms with Crippen LogP contribution in [0.2, 0.25) is 0 Å². The van der Waals surface area contributed by atoms with E-state index in [0.717, 1.165) is 11.1 Å². The number of hydrogen-bond acceptors (Lipinski definition) is 3. The molecular weight excluding hydrogens is 224 g/mol. The van der Waals surface area contributed by atoms with Gasteiger partial charge in [0.25, 0.3) is 6.01 Å². The minimum atomic E-state index is 0.190. The van der Waals surface area contributed by atoms with Gasteiger partial charge in [-0.1, -0.05) is 48.5 Å². The van der Waals surface area contributed by atoms with E-state index in [1.807, 2.05) is 30.3 Å². The first-order chi connectivity index (χ1) is 8.83. The number of nitrogens with two attached hydrogens (primary N) is 1. The molecule has 3 aromatic rings. The van der Waals surface area contributed by atoms with Crippen molar-refractivity contribution in [1.29, 1.82) is 0 Å². The Morgan fingerprint density at radius 1 is 0.833 bits per heavy atom. The number of hydrogen-bond donors (Lipinski definition) is 1. The summed E-state index contributed by atoms with van der Waals surface area (Å²) < 4.78 is 5.33. The molecule has 0 fully saturated rings. The molecule has 3 heteroatoms. The molecule has 3 rings (SSSR count). The van der Waals surface area contributed by atoms with Crippen molar-refractivity contribution in [2.75, 3.05) is 5.73 Å². The monoisotopic (exact) mass is 236 g/mol. The van der Waals surface area contributed by atoms with E-state index < -0.39 is 0 Å². The summed E-state index contributed by atoms with van der Waals surface area (Å²) in [6, 6.07) is 18.5. The normalized spacial score (nSPS) is 10.4. The summed E-state index contributed by atoms with van der Waals surface area (Å²) in [6.07, 6.45) is 1.64. The van der Waals surface area contributed by atoms with E-state index in [-0.39, 0.29) is 6.01 Å². The fourth-order valence-corrected chi connectivity index (χ4v) is 1.90. The molecule has 0 aliphatic carbocycles. The summed E-state index contributed by atoms with van der Waals surface area (Å²) in [4.78, 5) is 3.91. The summed E-state index contributed by atoms with van der Waals surface area (Å²) in [5.74, 6) is 0.685. The van der Waals surface area contributed by atoms with Crippen molar-refractivity contribution in [3.8, 4) is 22.5 Å². The molecule has 0 unspecified atom stereocenters. The number of rotatable bonds is 2. The van der Waals surface area contributed by atoms with Crippen LogP contribution in [0, 0.1) is 0 Å². The third kappa shape index (κ3) is 1.98. The Balaban J connectivity index is 2.05.